The van der Waals surface area contributed by atoms with Crippen LogP contribution in [0.5, 0.6) is 0 Å². The Hall–Kier alpha value is -0.0800. The van der Waals surface area contributed by atoms with Gasteiger partial charge in [-0.2, -0.15) is 0 Å². The van der Waals surface area contributed by atoms with Crippen molar-refractivity contribution in [3.63, 3.8) is 0 Å². The topological polar surface area (TPSA) is 18.5 Å². The van der Waals surface area contributed by atoms with Crippen molar-refractivity contribution in [2.45, 2.75) is 51.4 Å². The van der Waals surface area contributed by atoms with Crippen molar-refractivity contribution in [1.82, 2.24) is 0 Å². The van der Waals surface area contributed by atoms with Crippen LogP contribution in [0.1, 0.15) is 39.0 Å². The van der Waals surface area contributed by atoms with E-state index in [1.807, 2.05) is 6.92 Å². The molecule has 0 aromatic heterocycles. The molecule has 0 amide bonds. The van der Waals surface area contributed by atoms with Gasteiger partial charge in [0.2, 0.25) is 0 Å². The summed E-state index contributed by atoms with van der Waals surface area (Å²) in [4.78, 5) is 0. The quantitative estimate of drug-likeness (QED) is 0.587. The van der Waals surface area contributed by atoms with Gasteiger partial charge in [0.25, 0.3) is 0 Å². The lowest BCUT2D eigenvalue weighted by molar-refractivity contribution is -0.150. The summed E-state index contributed by atoms with van der Waals surface area (Å²) in [7, 11) is 1.69. The molecule has 0 aromatic rings. The van der Waals surface area contributed by atoms with Gasteiger partial charge in [-0.15, -0.1) is 0 Å². The SMILES string of the molecule is COC(C)OC1CCCCC1. The maximum atomic E-state index is 5.62. The molecule has 1 aliphatic carbocycles. The number of rotatable bonds is 3. The molecule has 0 spiro atoms. The van der Waals surface area contributed by atoms with Gasteiger partial charge in [0, 0.05) is 7.11 Å². The van der Waals surface area contributed by atoms with Gasteiger partial charge in [0.15, 0.2) is 6.29 Å². The van der Waals surface area contributed by atoms with Crippen LogP contribution in [0.2, 0.25) is 0 Å². The van der Waals surface area contributed by atoms with Crippen LogP contribution in [0, 0.1) is 0 Å². The van der Waals surface area contributed by atoms with Crippen LogP contribution in [0.4, 0.5) is 0 Å². The third-order valence-electron chi connectivity index (χ3n) is 2.27. The Balaban J connectivity index is 2.13. The van der Waals surface area contributed by atoms with Crippen LogP contribution in [0.15, 0.2) is 0 Å². The summed E-state index contributed by atoms with van der Waals surface area (Å²) in [6.45, 7) is 1.95. The van der Waals surface area contributed by atoms with Crippen LogP contribution in [-0.2, 0) is 9.47 Å². The average molecular weight is 158 g/mol. The molecule has 1 saturated carbocycles. The Bertz CT molecular complexity index is 97.7. The van der Waals surface area contributed by atoms with Crippen LogP contribution in [0.3, 0.4) is 0 Å². The van der Waals surface area contributed by atoms with Crippen molar-refractivity contribution >= 4 is 0 Å². The minimum atomic E-state index is -0.0295. The second-order valence-corrected chi connectivity index (χ2v) is 3.20. The summed E-state index contributed by atoms with van der Waals surface area (Å²) in [5, 5.41) is 0. The number of ether oxygens (including phenoxy) is 2. The average Bonchev–Trinajstić information content (AvgIpc) is 2.06. The molecule has 1 aliphatic rings. The van der Waals surface area contributed by atoms with Crippen molar-refractivity contribution in [1.29, 1.82) is 0 Å². The number of hydrogen-bond donors (Lipinski definition) is 0. The van der Waals surface area contributed by atoms with Gasteiger partial charge in [-0.3, -0.25) is 0 Å². The van der Waals surface area contributed by atoms with Crippen molar-refractivity contribution in [2.75, 3.05) is 7.11 Å². The standard InChI is InChI=1S/C9H18O2/c1-8(10-2)11-9-6-4-3-5-7-9/h8-9H,3-7H2,1-2H3. The van der Waals surface area contributed by atoms with E-state index in [2.05, 4.69) is 0 Å². The normalized spacial score (nSPS) is 23.5. The van der Waals surface area contributed by atoms with E-state index in [9.17, 15) is 0 Å². The molecule has 2 nitrogen and oxygen atoms in total. The lowest BCUT2D eigenvalue weighted by atomic mass is 9.98. The first-order valence-electron chi connectivity index (χ1n) is 4.51. The second kappa shape index (κ2) is 4.73. The van der Waals surface area contributed by atoms with E-state index >= 15 is 0 Å². The largest absolute Gasteiger partial charge is 0.356 e. The van der Waals surface area contributed by atoms with Gasteiger partial charge in [-0.05, 0) is 19.8 Å². The summed E-state index contributed by atoms with van der Waals surface area (Å²) in [5.41, 5.74) is 0. The minimum absolute atomic E-state index is 0.0295. The van der Waals surface area contributed by atoms with E-state index < -0.39 is 0 Å². The molecule has 66 valence electrons. The Morgan fingerprint density at radius 2 is 1.82 bits per heavy atom. The Morgan fingerprint density at radius 3 is 2.36 bits per heavy atom. The molecule has 0 heterocycles. The molecule has 0 bridgehead atoms. The van der Waals surface area contributed by atoms with Gasteiger partial charge < -0.3 is 9.47 Å². The Kier molecular flexibility index (Phi) is 3.87. The van der Waals surface area contributed by atoms with Gasteiger partial charge >= 0.3 is 0 Å². The van der Waals surface area contributed by atoms with E-state index in [-0.39, 0.29) is 6.29 Å². The highest BCUT2D eigenvalue weighted by Crippen LogP contribution is 2.21. The molecular weight excluding hydrogens is 140 g/mol. The fourth-order valence-corrected chi connectivity index (χ4v) is 1.53. The summed E-state index contributed by atoms with van der Waals surface area (Å²) in [6.07, 6.45) is 6.88. The zero-order valence-electron chi connectivity index (χ0n) is 7.51. The molecule has 0 saturated heterocycles. The van der Waals surface area contributed by atoms with Crippen molar-refractivity contribution < 1.29 is 9.47 Å². The fraction of sp³-hybridized carbons (Fsp3) is 1.00. The van der Waals surface area contributed by atoms with Gasteiger partial charge in [-0.25, -0.2) is 0 Å². The smallest absolute Gasteiger partial charge is 0.154 e. The first kappa shape index (κ1) is 9.01. The molecule has 11 heavy (non-hydrogen) atoms. The van der Waals surface area contributed by atoms with Crippen molar-refractivity contribution in [3.05, 3.63) is 0 Å². The Morgan fingerprint density at radius 1 is 1.18 bits per heavy atom. The van der Waals surface area contributed by atoms with E-state index in [4.69, 9.17) is 9.47 Å². The second-order valence-electron chi connectivity index (χ2n) is 3.20. The predicted octanol–water partition coefficient (Wildman–Crippen LogP) is 2.33. The minimum Gasteiger partial charge on any atom is -0.356 e. The summed E-state index contributed by atoms with van der Waals surface area (Å²) in [5.74, 6) is 0. The molecule has 1 unspecified atom stereocenters. The van der Waals surface area contributed by atoms with Gasteiger partial charge in [-0.1, -0.05) is 19.3 Å². The zero-order valence-corrected chi connectivity index (χ0v) is 7.51. The van der Waals surface area contributed by atoms with Gasteiger partial charge in [0.05, 0.1) is 6.10 Å². The number of hydrogen-bond acceptors (Lipinski definition) is 2. The highest BCUT2D eigenvalue weighted by atomic mass is 16.7. The third-order valence-corrected chi connectivity index (χ3v) is 2.27. The molecule has 1 fully saturated rings. The predicted molar refractivity (Wildman–Crippen MR) is 44.4 cm³/mol. The van der Waals surface area contributed by atoms with E-state index in [1.54, 1.807) is 7.11 Å². The first-order chi connectivity index (χ1) is 5.33. The molecule has 0 aliphatic heterocycles. The van der Waals surface area contributed by atoms with Crippen LogP contribution >= 0.6 is 0 Å². The first-order valence-corrected chi connectivity index (χ1v) is 4.51. The van der Waals surface area contributed by atoms with Crippen LogP contribution in [-0.4, -0.2) is 19.5 Å². The van der Waals surface area contributed by atoms with Crippen molar-refractivity contribution in [2.24, 2.45) is 0 Å². The maximum absolute atomic E-state index is 5.62. The zero-order chi connectivity index (χ0) is 8.10. The molecule has 1 rings (SSSR count). The van der Waals surface area contributed by atoms with E-state index in [1.165, 1.54) is 32.1 Å². The molecule has 0 N–H and O–H groups in total. The van der Waals surface area contributed by atoms with E-state index in [0.717, 1.165) is 0 Å². The Labute approximate surface area is 68.9 Å². The van der Waals surface area contributed by atoms with E-state index in [0.29, 0.717) is 6.10 Å². The van der Waals surface area contributed by atoms with Crippen LogP contribution in [0.25, 0.3) is 0 Å². The highest BCUT2D eigenvalue weighted by molar-refractivity contribution is 4.65. The molecular formula is C9H18O2. The number of methoxy groups -OCH3 is 1. The van der Waals surface area contributed by atoms with Crippen molar-refractivity contribution in [3.8, 4) is 0 Å². The monoisotopic (exact) mass is 158 g/mol. The molecule has 1 atom stereocenters. The highest BCUT2D eigenvalue weighted by Gasteiger charge is 2.15. The molecule has 0 radical (unpaired) electrons. The maximum Gasteiger partial charge on any atom is 0.154 e. The fourth-order valence-electron chi connectivity index (χ4n) is 1.53. The van der Waals surface area contributed by atoms with Gasteiger partial charge in [0.1, 0.15) is 0 Å². The lowest BCUT2D eigenvalue weighted by Gasteiger charge is -2.24. The third kappa shape index (κ3) is 3.21. The summed E-state index contributed by atoms with van der Waals surface area (Å²) >= 11 is 0. The molecule has 2 heteroatoms. The summed E-state index contributed by atoms with van der Waals surface area (Å²) in [6, 6.07) is 0. The summed E-state index contributed by atoms with van der Waals surface area (Å²) < 4.78 is 10.6. The lowest BCUT2D eigenvalue weighted by Crippen LogP contribution is -2.23. The molecule has 0 aromatic carbocycles. The van der Waals surface area contributed by atoms with Crippen LogP contribution < -0.4 is 0 Å².